The molecule has 1 aromatic carbocycles. The monoisotopic (exact) mass is 287 g/mol. The molecule has 3 heteroatoms. The van der Waals surface area contributed by atoms with Gasteiger partial charge in [0.2, 0.25) is 0 Å². The molecule has 0 saturated heterocycles. The Kier molecular flexibility index (Phi) is 6.03. The SMILES string of the molecule is CCc1ccc(C(C)NCC(CCO)c2ccccc2)o1. The Balaban J connectivity index is 1.95. The van der Waals surface area contributed by atoms with Crippen LogP contribution in [-0.2, 0) is 6.42 Å². The zero-order valence-electron chi connectivity index (χ0n) is 12.9. The lowest BCUT2D eigenvalue weighted by molar-refractivity contribution is 0.271. The van der Waals surface area contributed by atoms with Crippen molar-refractivity contribution in [1.29, 1.82) is 0 Å². The summed E-state index contributed by atoms with van der Waals surface area (Å²) in [4.78, 5) is 0. The Morgan fingerprint density at radius 2 is 1.90 bits per heavy atom. The van der Waals surface area contributed by atoms with Crippen molar-refractivity contribution in [3.05, 3.63) is 59.5 Å². The highest BCUT2D eigenvalue weighted by atomic mass is 16.3. The van der Waals surface area contributed by atoms with E-state index >= 15 is 0 Å². The molecule has 1 heterocycles. The Hall–Kier alpha value is -1.58. The summed E-state index contributed by atoms with van der Waals surface area (Å²) in [6.45, 7) is 5.23. The van der Waals surface area contributed by atoms with Crippen LogP contribution >= 0.6 is 0 Å². The third kappa shape index (κ3) is 4.45. The van der Waals surface area contributed by atoms with Crippen LogP contribution in [0.2, 0.25) is 0 Å². The zero-order valence-corrected chi connectivity index (χ0v) is 12.9. The maximum atomic E-state index is 9.27. The van der Waals surface area contributed by atoms with Gasteiger partial charge in [0.25, 0.3) is 0 Å². The highest BCUT2D eigenvalue weighted by molar-refractivity contribution is 5.20. The van der Waals surface area contributed by atoms with E-state index < -0.39 is 0 Å². The second-order valence-electron chi connectivity index (χ2n) is 5.41. The van der Waals surface area contributed by atoms with E-state index in [1.54, 1.807) is 0 Å². The first-order chi connectivity index (χ1) is 10.2. The fraction of sp³-hybridized carbons (Fsp3) is 0.444. The molecule has 2 unspecified atom stereocenters. The first-order valence-electron chi connectivity index (χ1n) is 7.72. The molecule has 0 amide bonds. The molecule has 21 heavy (non-hydrogen) atoms. The molecular weight excluding hydrogens is 262 g/mol. The van der Waals surface area contributed by atoms with Gasteiger partial charge < -0.3 is 14.8 Å². The third-order valence-corrected chi connectivity index (χ3v) is 3.88. The van der Waals surface area contributed by atoms with E-state index in [9.17, 15) is 5.11 Å². The highest BCUT2D eigenvalue weighted by Gasteiger charge is 2.14. The summed E-state index contributed by atoms with van der Waals surface area (Å²) in [6, 6.07) is 14.6. The Bertz CT molecular complexity index is 521. The Morgan fingerprint density at radius 3 is 2.52 bits per heavy atom. The largest absolute Gasteiger partial charge is 0.464 e. The maximum Gasteiger partial charge on any atom is 0.120 e. The van der Waals surface area contributed by atoms with Crippen LogP contribution in [0.1, 0.15) is 49.3 Å². The van der Waals surface area contributed by atoms with Crippen LogP contribution in [0.4, 0.5) is 0 Å². The molecular formula is C18H25NO2. The summed E-state index contributed by atoms with van der Waals surface area (Å²) in [6.07, 6.45) is 1.69. The zero-order chi connectivity index (χ0) is 15.1. The van der Waals surface area contributed by atoms with Crippen LogP contribution in [0.15, 0.2) is 46.9 Å². The van der Waals surface area contributed by atoms with Gasteiger partial charge in [-0.05, 0) is 37.0 Å². The van der Waals surface area contributed by atoms with Gasteiger partial charge in [0.05, 0.1) is 6.04 Å². The van der Waals surface area contributed by atoms with Gasteiger partial charge in [-0.25, -0.2) is 0 Å². The molecule has 2 rings (SSSR count). The van der Waals surface area contributed by atoms with Gasteiger partial charge in [0.15, 0.2) is 0 Å². The molecule has 2 N–H and O–H groups in total. The topological polar surface area (TPSA) is 45.4 Å². The number of rotatable bonds is 8. The van der Waals surface area contributed by atoms with Gasteiger partial charge in [-0.15, -0.1) is 0 Å². The molecule has 0 radical (unpaired) electrons. The lowest BCUT2D eigenvalue weighted by Gasteiger charge is -2.19. The van der Waals surface area contributed by atoms with Gasteiger partial charge in [-0.1, -0.05) is 37.3 Å². The second-order valence-corrected chi connectivity index (χ2v) is 5.41. The van der Waals surface area contributed by atoms with E-state index in [1.165, 1.54) is 5.56 Å². The number of hydrogen-bond donors (Lipinski definition) is 2. The lowest BCUT2D eigenvalue weighted by Crippen LogP contribution is -2.25. The fourth-order valence-corrected chi connectivity index (χ4v) is 2.50. The molecule has 3 nitrogen and oxygen atoms in total. The highest BCUT2D eigenvalue weighted by Crippen LogP contribution is 2.21. The van der Waals surface area contributed by atoms with Crippen LogP contribution in [0, 0.1) is 0 Å². The number of nitrogens with one attached hydrogen (secondary N) is 1. The summed E-state index contributed by atoms with van der Waals surface area (Å²) >= 11 is 0. The van der Waals surface area contributed by atoms with Crippen molar-refractivity contribution in [2.24, 2.45) is 0 Å². The summed E-state index contributed by atoms with van der Waals surface area (Å²) in [5.41, 5.74) is 1.26. The van der Waals surface area contributed by atoms with Crippen LogP contribution in [0.5, 0.6) is 0 Å². The molecule has 0 fully saturated rings. The third-order valence-electron chi connectivity index (χ3n) is 3.88. The van der Waals surface area contributed by atoms with E-state index in [-0.39, 0.29) is 12.6 Å². The Labute approximate surface area is 127 Å². The number of aliphatic hydroxyl groups is 1. The van der Waals surface area contributed by atoms with Crippen LogP contribution in [-0.4, -0.2) is 18.3 Å². The van der Waals surface area contributed by atoms with E-state index in [2.05, 4.69) is 31.3 Å². The fourth-order valence-electron chi connectivity index (χ4n) is 2.50. The lowest BCUT2D eigenvalue weighted by atomic mass is 9.95. The van der Waals surface area contributed by atoms with Crippen molar-refractivity contribution < 1.29 is 9.52 Å². The van der Waals surface area contributed by atoms with Crippen molar-refractivity contribution in [2.75, 3.05) is 13.2 Å². The van der Waals surface area contributed by atoms with E-state index in [1.807, 2.05) is 30.3 Å². The minimum Gasteiger partial charge on any atom is -0.464 e. The number of aliphatic hydroxyl groups excluding tert-OH is 1. The molecule has 0 aliphatic carbocycles. The van der Waals surface area contributed by atoms with Crippen molar-refractivity contribution in [2.45, 2.75) is 38.6 Å². The average Bonchev–Trinajstić information content (AvgIpc) is 3.01. The molecule has 0 bridgehead atoms. The standard InChI is InChI=1S/C18H25NO2/c1-3-17-9-10-18(21-17)14(2)19-13-16(11-12-20)15-7-5-4-6-8-15/h4-10,14,16,19-20H,3,11-13H2,1-2H3. The number of aryl methyl sites for hydroxylation is 1. The number of furan rings is 1. The van der Waals surface area contributed by atoms with Crippen molar-refractivity contribution in [3.63, 3.8) is 0 Å². The van der Waals surface area contributed by atoms with E-state index in [4.69, 9.17) is 4.42 Å². The van der Waals surface area contributed by atoms with Crippen LogP contribution in [0.3, 0.4) is 0 Å². The van der Waals surface area contributed by atoms with Gasteiger partial charge >= 0.3 is 0 Å². The van der Waals surface area contributed by atoms with Crippen molar-refractivity contribution in [1.82, 2.24) is 5.32 Å². The summed E-state index contributed by atoms with van der Waals surface area (Å²) in [7, 11) is 0. The smallest absolute Gasteiger partial charge is 0.120 e. The van der Waals surface area contributed by atoms with Gasteiger partial charge in [0, 0.05) is 19.6 Å². The van der Waals surface area contributed by atoms with Crippen molar-refractivity contribution >= 4 is 0 Å². The maximum absolute atomic E-state index is 9.27. The number of benzene rings is 1. The first-order valence-corrected chi connectivity index (χ1v) is 7.72. The van der Waals surface area contributed by atoms with Crippen LogP contribution in [0.25, 0.3) is 0 Å². The normalized spacial score (nSPS) is 14.0. The minimum atomic E-state index is 0.176. The quantitative estimate of drug-likeness (QED) is 0.779. The predicted molar refractivity (Wildman–Crippen MR) is 85.4 cm³/mol. The molecule has 0 spiro atoms. The molecule has 0 saturated carbocycles. The van der Waals surface area contributed by atoms with Crippen molar-refractivity contribution in [3.8, 4) is 0 Å². The second kappa shape index (κ2) is 8.01. The molecule has 1 aromatic heterocycles. The molecule has 0 aliphatic rings. The molecule has 2 aromatic rings. The summed E-state index contributed by atoms with van der Waals surface area (Å²) < 4.78 is 5.78. The number of hydrogen-bond acceptors (Lipinski definition) is 3. The first kappa shape index (κ1) is 15.8. The molecule has 2 atom stereocenters. The predicted octanol–water partition coefficient (Wildman–Crippen LogP) is 3.66. The van der Waals surface area contributed by atoms with Gasteiger partial charge in [-0.2, -0.15) is 0 Å². The van der Waals surface area contributed by atoms with Gasteiger partial charge in [-0.3, -0.25) is 0 Å². The molecule has 0 aliphatic heterocycles. The van der Waals surface area contributed by atoms with Crippen LogP contribution < -0.4 is 5.32 Å². The summed E-state index contributed by atoms with van der Waals surface area (Å²) in [5.74, 6) is 2.32. The Morgan fingerprint density at radius 1 is 1.14 bits per heavy atom. The summed E-state index contributed by atoms with van der Waals surface area (Å²) in [5, 5.41) is 12.8. The van der Waals surface area contributed by atoms with E-state index in [0.717, 1.165) is 30.9 Å². The molecule has 114 valence electrons. The van der Waals surface area contributed by atoms with E-state index in [0.29, 0.717) is 5.92 Å². The average molecular weight is 287 g/mol. The van der Waals surface area contributed by atoms with Gasteiger partial charge in [0.1, 0.15) is 11.5 Å². The minimum absolute atomic E-state index is 0.176.